The zero-order chi connectivity index (χ0) is 25.1. The Labute approximate surface area is 214 Å². The van der Waals surface area contributed by atoms with Gasteiger partial charge in [-0.05, 0) is 48.6 Å². The number of carbonyl (C=O) groups is 1. The summed E-state index contributed by atoms with van der Waals surface area (Å²) < 4.78 is 36.1. The van der Waals surface area contributed by atoms with Crippen molar-refractivity contribution in [3.05, 3.63) is 71.0 Å². The number of fused-ring (bicyclic) bond motifs is 3. The summed E-state index contributed by atoms with van der Waals surface area (Å²) in [6.07, 6.45) is 3.86. The Hall–Kier alpha value is -2.85. The molecular formula is C27H29N3O4S2. The number of ether oxygens (including phenoxy) is 1. The predicted molar refractivity (Wildman–Crippen MR) is 143 cm³/mol. The summed E-state index contributed by atoms with van der Waals surface area (Å²) in [5.74, 6) is -0.407. The summed E-state index contributed by atoms with van der Waals surface area (Å²) in [4.78, 5) is 18.4. The number of hydrogen-bond donors (Lipinski definition) is 0. The van der Waals surface area contributed by atoms with Crippen molar-refractivity contribution < 1.29 is 17.9 Å². The van der Waals surface area contributed by atoms with Gasteiger partial charge in [-0.3, -0.25) is 4.79 Å². The van der Waals surface area contributed by atoms with Crippen LogP contribution in [0.5, 0.6) is 0 Å². The number of aromatic nitrogens is 1. The lowest BCUT2D eigenvalue weighted by Crippen LogP contribution is -2.31. The molecule has 1 aromatic heterocycles. The summed E-state index contributed by atoms with van der Waals surface area (Å²) in [6, 6.07) is 18.4. The van der Waals surface area contributed by atoms with E-state index in [1.807, 2.05) is 16.7 Å². The van der Waals surface area contributed by atoms with E-state index in [1.54, 1.807) is 23.5 Å². The molecule has 0 radical (unpaired) electrons. The molecule has 36 heavy (non-hydrogen) atoms. The first-order chi connectivity index (χ1) is 17.5. The number of methoxy groups -OCH3 is 1. The molecule has 5 rings (SSSR count). The third-order valence-electron chi connectivity index (χ3n) is 6.59. The molecule has 188 valence electrons. The van der Waals surface area contributed by atoms with Crippen LogP contribution in [0.15, 0.2) is 70.6 Å². The number of hydrogen-bond acceptors (Lipinski definition) is 5. The van der Waals surface area contributed by atoms with E-state index in [1.165, 1.54) is 23.5 Å². The Balaban J connectivity index is 1.49. The van der Waals surface area contributed by atoms with Crippen LogP contribution in [0.4, 0.5) is 0 Å². The summed E-state index contributed by atoms with van der Waals surface area (Å²) in [6.45, 7) is 2.14. The minimum absolute atomic E-state index is 0.212. The lowest BCUT2D eigenvalue weighted by molar-refractivity contribution is 0.0997. The molecule has 0 saturated carbocycles. The fourth-order valence-corrected chi connectivity index (χ4v) is 7.34. The molecule has 0 N–H and O–H groups in total. The first-order valence-corrected chi connectivity index (χ1v) is 14.4. The van der Waals surface area contributed by atoms with Gasteiger partial charge in [0.1, 0.15) is 0 Å². The van der Waals surface area contributed by atoms with Gasteiger partial charge in [0, 0.05) is 37.7 Å². The molecule has 1 amide bonds. The number of nitrogens with zero attached hydrogens (tertiary/aromatic N) is 3. The van der Waals surface area contributed by atoms with Gasteiger partial charge in [0.25, 0.3) is 5.91 Å². The molecule has 4 aromatic rings. The molecule has 0 aliphatic carbocycles. The highest BCUT2D eigenvalue weighted by atomic mass is 32.2. The summed E-state index contributed by atoms with van der Waals surface area (Å²) in [7, 11) is -1.92. The van der Waals surface area contributed by atoms with Gasteiger partial charge in [-0.25, -0.2) is 8.42 Å². The van der Waals surface area contributed by atoms with E-state index in [0.29, 0.717) is 36.6 Å². The fraction of sp³-hybridized carbons (Fsp3) is 0.333. The number of carbonyl (C=O) groups excluding carboxylic acids is 1. The van der Waals surface area contributed by atoms with Crippen molar-refractivity contribution >= 4 is 48.3 Å². The van der Waals surface area contributed by atoms with Crippen molar-refractivity contribution in [3.63, 3.8) is 0 Å². The summed E-state index contributed by atoms with van der Waals surface area (Å²) in [5, 5.41) is 2.24. The highest BCUT2D eigenvalue weighted by Crippen LogP contribution is 2.28. The van der Waals surface area contributed by atoms with Crippen LogP contribution in [-0.4, -0.2) is 50.0 Å². The lowest BCUT2D eigenvalue weighted by atomic mass is 10.1. The number of sulfonamides is 1. The number of thiazole rings is 1. The highest BCUT2D eigenvalue weighted by molar-refractivity contribution is 7.89. The fourth-order valence-electron chi connectivity index (χ4n) is 4.63. The molecule has 0 unspecified atom stereocenters. The predicted octanol–water partition coefficient (Wildman–Crippen LogP) is 4.81. The van der Waals surface area contributed by atoms with E-state index < -0.39 is 15.9 Å². The maximum absolute atomic E-state index is 13.1. The quantitative estimate of drug-likeness (QED) is 0.363. The molecule has 1 aliphatic rings. The van der Waals surface area contributed by atoms with Gasteiger partial charge >= 0.3 is 0 Å². The number of rotatable bonds is 6. The molecular weight excluding hydrogens is 494 g/mol. The zero-order valence-corrected chi connectivity index (χ0v) is 21.9. The second-order valence-corrected chi connectivity index (χ2v) is 11.8. The van der Waals surface area contributed by atoms with Crippen LogP contribution in [0.25, 0.3) is 21.0 Å². The third kappa shape index (κ3) is 4.88. The second-order valence-electron chi connectivity index (χ2n) is 8.92. The van der Waals surface area contributed by atoms with E-state index in [9.17, 15) is 13.2 Å². The standard InChI is InChI=1S/C27H29N3O4S2/c1-34-19-18-30-24-15-12-20-8-4-5-9-23(20)25(24)35-27(30)28-26(31)21-10-13-22(14-11-21)36(32,33)29-16-6-2-3-7-17-29/h4-5,8-15H,2-3,6-7,16-19H2,1H3. The van der Waals surface area contributed by atoms with Crippen LogP contribution in [0.3, 0.4) is 0 Å². The largest absolute Gasteiger partial charge is 0.383 e. The maximum atomic E-state index is 13.1. The molecule has 7 nitrogen and oxygen atoms in total. The van der Waals surface area contributed by atoms with Crippen molar-refractivity contribution in [1.29, 1.82) is 0 Å². The highest BCUT2D eigenvalue weighted by Gasteiger charge is 2.25. The molecule has 0 atom stereocenters. The molecule has 9 heteroatoms. The van der Waals surface area contributed by atoms with Crippen molar-refractivity contribution in [3.8, 4) is 0 Å². The van der Waals surface area contributed by atoms with Crippen LogP contribution < -0.4 is 4.80 Å². The Morgan fingerprint density at radius 3 is 2.42 bits per heavy atom. The zero-order valence-electron chi connectivity index (χ0n) is 20.2. The molecule has 0 spiro atoms. The van der Waals surface area contributed by atoms with E-state index in [4.69, 9.17) is 4.74 Å². The first-order valence-electron chi connectivity index (χ1n) is 12.2. The van der Waals surface area contributed by atoms with Gasteiger partial charge in [0.2, 0.25) is 10.0 Å². The Morgan fingerprint density at radius 1 is 0.972 bits per heavy atom. The van der Waals surface area contributed by atoms with Crippen LogP contribution in [-0.2, 0) is 21.3 Å². The second kappa shape index (κ2) is 10.6. The van der Waals surface area contributed by atoms with E-state index in [-0.39, 0.29) is 4.90 Å². The van der Waals surface area contributed by atoms with Crippen LogP contribution in [0, 0.1) is 0 Å². The van der Waals surface area contributed by atoms with E-state index >= 15 is 0 Å². The minimum atomic E-state index is -3.57. The Morgan fingerprint density at radius 2 is 1.69 bits per heavy atom. The maximum Gasteiger partial charge on any atom is 0.279 e. The summed E-state index contributed by atoms with van der Waals surface area (Å²) in [5.41, 5.74) is 1.35. The first kappa shape index (κ1) is 24.8. The molecule has 1 aliphatic heterocycles. The van der Waals surface area contributed by atoms with E-state index in [0.717, 1.165) is 46.7 Å². The van der Waals surface area contributed by atoms with Crippen molar-refractivity contribution in [2.45, 2.75) is 37.1 Å². The normalized spacial score (nSPS) is 16.0. The number of benzene rings is 3. The van der Waals surface area contributed by atoms with Crippen LogP contribution >= 0.6 is 11.3 Å². The molecule has 3 aromatic carbocycles. The molecule has 2 heterocycles. The van der Waals surface area contributed by atoms with Gasteiger partial charge in [-0.2, -0.15) is 9.30 Å². The topological polar surface area (TPSA) is 81.0 Å². The monoisotopic (exact) mass is 523 g/mol. The number of amides is 1. The van der Waals surface area contributed by atoms with Crippen molar-refractivity contribution in [2.24, 2.45) is 4.99 Å². The minimum Gasteiger partial charge on any atom is -0.383 e. The Bertz CT molecular complexity index is 1560. The van der Waals surface area contributed by atoms with Gasteiger partial charge < -0.3 is 9.30 Å². The molecule has 0 bridgehead atoms. The lowest BCUT2D eigenvalue weighted by Gasteiger charge is -2.19. The van der Waals surface area contributed by atoms with Gasteiger partial charge in [0.15, 0.2) is 4.80 Å². The van der Waals surface area contributed by atoms with Gasteiger partial charge in [0.05, 0.1) is 21.7 Å². The summed E-state index contributed by atoms with van der Waals surface area (Å²) >= 11 is 1.47. The molecule has 1 fully saturated rings. The Kier molecular flexibility index (Phi) is 7.34. The van der Waals surface area contributed by atoms with Crippen molar-refractivity contribution in [1.82, 2.24) is 8.87 Å². The SMILES string of the molecule is COCCn1c(=NC(=O)c2ccc(S(=O)(=O)N3CCCCCC3)cc2)sc2c3ccccc3ccc21. The molecule has 1 saturated heterocycles. The smallest absolute Gasteiger partial charge is 0.279 e. The van der Waals surface area contributed by atoms with E-state index in [2.05, 4.69) is 29.3 Å². The average Bonchev–Trinajstić information content (AvgIpc) is 3.05. The average molecular weight is 524 g/mol. The van der Waals surface area contributed by atoms with Gasteiger partial charge in [-0.15, -0.1) is 0 Å². The van der Waals surface area contributed by atoms with Gasteiger partial charge in [-0.1, -0.05) is 54.5 Å². The van der Waals surface area contributed by atoms with Crippen LogP contribution in [0.2, 0.25) is 0 Å². The third-order valence-corrected chi connectivity index (χ3v) is 9.63. The van der Waals surface area contributed by atoms with Crippen LogP contribution in [0.1, 0.15) is 36.0 Å². The van der Waals surface area contributed by atoms with Crippen molar-refractivity contribution in [2.75, 3.05) is 26.8 Å².